The molecule has 0 rings (SSSR count). The Balaban J connectivity index is 4.34. The average molecular weight is 245 g/mol. The first-order valence-corrected chi connectivity index (χ1v) is 4.91. The van der Waals surface area contributed by atoms with Gasteiger partial charge >= 0.3 is 0 Å². The number of rotatable bonds is 1. The Kier molecular flexibility index (Phi) is 2.70. The Morgan fingerprint density at radius 2 is 2.12 bits per heavy atom. The summed E-state index contributed by atoms with van der Waals surface area (Å²) < 4.78 is 19.8. The van der Waals surface area contributed by atoms with E-state index in [4.69, 9.17) is 5.26 Å². The van der Waals surface area contributed by atoms with Crippen LogP contribution in [0.5, 0.6) is 0 Å². The van der Waals surface area contributed by atoms with Crippen molar-refractivity contribution >= 4 is 32.4 Å². The van der Waals surface area contributed by atoms with E-state index in [2.05, 4.69) is 0 Å². The van der Waals surface area contributed by atoms with Crippen LogP contribution in [-0.2, 0) is 9.84 Å². The van der Waals surface area contributed by atoms with Gasteiger partial charge in [-0.2, -0.15) is 5.26 Å². The predicted octanol–water partition coefficient (Wildman–Crippen LogP) is 0.316. The number of hydrogen-bond acceptors (Lipinski definition) is 3. The van der Waals surface area contributed by atoms with Gasteiger partial charge in [0.25, 0.3) is 0 Å². The number of halogens is 1. The lowest BCUT2D eigenvalue weighted by Gasteiger charge is -1.91. The van der Waals surface area contributed by atoms with Gasteiger partial charge in [-0.05, 0) is 22.6 Å². The second kappa shape index (κ2) is 2.64. The van der Waals surface area contributed by atoms with E-state index in [1.54, 1.807) is 28.7 Å². The Bertz CT molecular complexity index is 202. The molecule has 0 amide bonds. The second-order valence-corrected chi connectivity index (χ2v) is 5.50. The van der Waals surface area contributed by atoms with Crippen LogP contribution in [0.1, 0.15) is 0 Å². The third-order valence-electron chi connectivity index (χ3n) is 0.477. The molecule has 0 bridgehead atoms. The third kappa shape index (κ3) is 2.47. The van der Waals surface area contributed by atoms with Crippen molar-refractivity contribution in [3.63, 3.8) is 0 Å². The van der Waals surface area contributed by atoms with Gasteiger partial charge in [0.05, 0.1) is 6.07 Å². The van der Waals surface area contributed by atoms with Crippen molar-refractivity contribution in [3.05, 3.63) is 0 Å². The number of nitriles is 1. The van der Waals surface area contributed by atoms with Gasteiger partial charge in [0.2, 0.25) is 0 Å². The molecule has 0 aromatic carbocycles. The molecule has 0 spiro atoms. The summed E-state index contributed by atoms with van der Waals surface area (Å²) in [5, 5.41) is 8.03. The minimum absolute atomic E-state index is 0.903. The van der Waals surface area contributed by atoms with E-state index in [0.29, 0.717) is 0 Å². The first kappa shape index (κ1) is 8.17. The summed E-state index contributed by atoms with van der Waals surface area (Å²) in [6.45, 7) is 0. The van der Waals surface area contributed by atoms with Crippen molar-refractivity contribution in [2.75, 3.05) is 6.26 Å². The number of hydrogen-bond donors (Lipinski definition) is 0. The van der Waals surface area contributed by atoms with E-state index in [0.717, 1.165) is 6.26 Å². The van der Waals surface area contributed by atoms with Gasteiger partial charge in [-0.15, -0.1) is 0 Å². The van der Waals surface area contributed by atoms with Gasteiger partial charge in [0.1, 0.15) is 0 Å². The van der Waals surface area contributed by atoms with Gasteiger partial charge in [-0.1, -0.05) is 0 Å². The number of alkyl halides is 1. The topological polar surface area (TPSA) is 57.9 Å². The molecular weight excluding hydrogens is 241 g/mol. The maximum Gasteiger partial charge on any atom is 0.198 e. The van der Waals surface area contributed by atoms with Crippen molar-refractivity contribution in [2.45, 2.75) is 3.26 Å². The van der Waals surface area contributed by atoms with Crippen molar-refractivity contribution in [3.8, 4) is 6.07 Å². The summed E-state index contributed by atoms with van der Waals surface area (Å²) in [4.78, 5) is 0. The average Bonchev–Trinajstić information content (AvgIpc) is 1.62. The summed E-state index contributed by atoms with van der Waals surface area (Å²) in [6, 6.07) is 1.60. The van der Waals surface area contributed by atoms with Crippen LogP contribution in [0.15, 0.2) is 0 Å². The molecule has 0 aliphatic rings. The van der Waals surface area contributed by atoms with E-state index in [1.807, 2.05) is 0 Å². The Morgan fingerprint density at radius 1 is 1.75 bits per heavy atom. The summed E-state index contributed by atoms with van der Waals surface area (Å²) in [5.41, 5.74) is 0. The van der Waals surface area contributed by atoms with Crippen molar-refractivity contribution in [1.29, 1.82) is 5.26 Å². The molecule has 0 aromatic rings. The monoisotopic (exact) mass is 245 g/mol. The zero-order valence-electron chi connectivity index (χ0n) is 4.13. The van der Waals surface area contributed by atoms with Gasteiger partial charge in [0, 0.05) is 6.26 Å². The van der Waals surface area contributed by atoms with Crippen molar-refractivity contribution in [1.82, 2.24) is 0 Å². The molecule has 0 heterocycles. The SMILES string of the molecule is CS(=O)(=O)[C@H](I)C#N. The van der Waals surface area contributed by atoms with Crippen LogP contribution < -0.4 is 0 Å². The molecule has 0 unspecified atom stereocenters. The quantitative estimate of drug-likeness (QED) is 0.493. The lowest BCUT2D eigenvalue weighted by atomic mass is 10.9. The smallest absolute Gasteiger partial charge is 0.198 e. The van der Waals surface area contributed by atoms with E-state index in [1.165, 1.54) is 0 Å². The highest BCUT2D eigenvalue weighted by Gasteiger charge is 2.13. The largest absolute Gasteiger partial charge is 0.227 e. The summed E-state index contributed by atoms with van der Waals surface area (Å²) in [7, 11) is -3.13. The molecular formula is C3H4INO2S. The lowest BCUT2D eigenvalue weighted by Crippen LogP contribution is -2.08. The highest BCUT2D eigenvalue weighted by atomic mass is 127. The highest BCUT2D eigenvalue weighted by molar-refractivity contribution is 14.1. The molecule has 0 aromatic heterocycles. The summed E-state index contributed by atoms with van der Waals surface area (Å²) >= 11 is 1.56. The minimum Gasteiger partial charge on any atom is -0.227 e. The van der Waals surface area contributed by atoms with Gasteiger partial charge in [-0.3, -0.25) is 0 Å². The van der Waals surface area contributed by atoms with Crippen molar-refractivity contribution in [2.24, 2.45) is 0 Å². The van der Waals surface area contributed by atoms with Crippen LogP contribution in [0.4, 0.5) is 0 Å². The fourth-order valence-corrected chi connectivity index (χ4v) is 0.287. The molecule has 0 radical (unpaired) electrons. The van der Waals surface area contributed by atoms with Gasteiger partial charge < -0.3 is 0 Å². The first-order valence-electron chi connectivity index (χ1n) is 1.71. The molecule has 0 N–H and O–H groups in total. The lowest BCUT2D eigenvalue weighted by molar-refractivity contribution is 0.604. The first-order chi connectivity index (χ1) is 3.48. The standard InChI is InChI=1S/C3H4INO2S/c1-8(6,7)3(4)2-5/h3H,1H3/t3-/m0/s1. The highest BCUT2D eigenvalue weighted by Crippen LogP contribution is 2.04. The molecule has 5 heteroatoms. The fraction of sp³-hybridized carbons (Fsp3) is 0.667. The Hall–Kier alpha value is 0.170. The zero-order valence-corrected chi connectivity index (χ0v) is 7.10. The summed E-state index contributed by atoms with van der Waals surface area (Å²) in [6.07, 6.45) is 1.04. The van der Waals surface area contributed by atoms with Crippen LogP contribution in [0.25, 0.3) is 0 Å². The maximum absolute atomic E-state index is 10.3. The maximum atomic E-state index is 10.3. The minimum atomic E-state index is -3.13. The molecule has 0 aliphatic carbocycles. The van der Waals surface area contributed by atoms with Gasteiger partial charge in [-0.25, -0.2) is 8.42 Å². The Morgan fingerprint density at radius 3 is 2.12 bits per heavy atom. The second-order valence-electron chi connectivity index (χ2n) is 1.27. The van der Waals surface area contributed by atoms with Crippen LogP contribution in [0.3, 0.4) is 0 Å². The molecule has 8 heavy (non-hydrogen) atoms. The van der Waals surface area contributed by atoms with Crippen molar-refractivity contribution < 1.29 is 8.42 Å². The molecule has 0 fully saturated rings. The molecule has 1 atom stereocenters. The molecule has 3 nitrogen and oxygen atoms in total. The molecule has 0 saturated carbocycles. The van der Waals surface area contributed by atoms with E-state index in [-0.39, 0.29) is 0 Å². The van der Waals surface area contributed by atoms with E-state index < -0.39 is 13.1 Å². The fourth-order valence-electron chi connectivity index (χ4n) is 0.0957. The number of nitrogens with zero attached hydrogens (tertiary/aromatic N) is 1. The Labute approximate surface area is 61.7 Å². The number of sulfone groups is 1. The third-order valence-corrected chi connectivity index (χ3v) is 4.38. The van der Waals surface area contributed by atoms with Crippen LogP contribution in [0.2, 0.25) is 0 Å². The zero-order chi connectivity index (χ0) is 6.78. The molecule has 0 saturated heterocycles. The van der Waals surface area contributed by atoms with Crippen LogP contribution >= 0.6 is 22.6 Å². The van der Waals surface area contributed by atoms with Gasteiger partial charge in [0.15, 0.2) is 13.1 Å². The predicted molar refractivity (Wildman–Crippen MR) is 38.3 cm³/mol. The van der Waals surface area contributed by atoms with Crippen LogP contribution in [-0.4, -0.2) is 17.9 Å². The molecule has 0 aliphatic heterocycles. The summed E-state index contributed by atoms with van der Waals surface area (Å²) in [5.74, 6) is 0. The van der Waals surface area contributed by atoms with E-state index in [9.17, 15) is 8.42 Å². The van der Waals surface area contributed by atoms with Crippen LogP contribution in [0, 0.1) is 11.3 Å². The molecule has 46 valence electrons. The normalized spacial score (nSPS) is 14.6. The van der Waals surface area contributed by atoms with E-state index >= 15 is 0 Å².